The first kappa shape index (κ1) is 14.7. The maximum Gasteiger partial charge on any atom is 0.274 e. The highest BCUT2D eigenvalue weighted by atomic mass is 16.2. The van der Waals surface area contributed by atoms with Crippen molar-refractivity contribution in [3.63, 3.8) is 0 Å². The van der Waals surface area contributed by atoms with E-state index in [1.807, 2.05) is 18.2 Å². The summed E-state index contributed by atoms with van der Waals surface area (Å²) >= 11 is 0. The van der Waals surface area contributed by atoms with Crippen molar-refractivity contribution in [2.45, 2.75) is 25.3 Å². The molecule has 0 spiro atoms. The number of benzene rings is 1. The minimum absolute atomic E-state index is 0.0475. The first-order valence-electron chi connectivity index (χ1n) is 7.54. The van der Waals surface area contributed by atoms with Gasteiger partial charge < -0.3 is 11.1 Å². The van der Waals surface area contributed by atoms with Gasteiger partial charge in [0.2, 0.25) is 5.91 Å². The van der Waals surface area contributed by atoms with Gasteiger partial charge in [0.25, 0.3) is 5.56 Å². The van der Waals surface area contributed by atoms with Gasteiger partial charge in [-0.2, -0.15) is 5.10 Å². The van der Waals surface area contributed by atoms with E-state index in [9.17, 15) is 9.59 Å². The molecule has 1 atom stereocenters. The Morgan fingerprint density at radius 2 is 2.09 bits per heavy atom. The average molecular weight is 300 g/mol. The summed E-state index contributed by atoms with van der Waals surface area (Å²) in [6, 6.07) is 7.29. The van der Waals surface area contributed by atoms with Crippen LogP contribution in [0.25, 0.3) is 10.8 Å². The molecule has 6 nitrogen and oxygen atoms in total. The van der Waals surface area contributed by atoms with Crippen molar-refractivity contribution < 1.29 is 4.79 Å². The minimum atomic E-state index is -0.155. The fraction of sp³-hybridized carbons (Fsp3) is 0.438. The molecule has 1 aliphatic rings. The summed E-state index contributed by atoms with van der Waals surface area (Å²) < 4.78 is 1.28. The number of hydrogen-bond acceptors (Lipinski definition) is 4. The molecule has 1 unspecified atom stereocenters. The second-order valence-corrected chi connectivity index (χ2v) is 5.84. The number of aromatic nitrogens is 2. The number of nitrogens with one attached hydrogen (secondary N) is 1. The molecule has 6 heteroatoms. The van der Waals surface area contributed by atoms with Crippen molar-refractivity contribution in [2.24, 2.45) is 18.7 Å². The lowest BCUT2D eigenvalue weighted by Crippen LogP contribution is -2.42. The van der Waals surface area contributed by atoms with Gasteiger partial charge in [-0.05, 0) is 24.8 Å². The van der Waals surface area contributed by atoms with Gasteiger partial charge in [0.15, 0.2) is 0 Å². The number of rotatable bonds is 5. The van der Waals surface area contributed by atoms with E-state index < -0.39 is 0 Å². The van der Waals surface area contributed by atoms with E-state index in [2.05, 4.69) is 10.4 Å². The smallest absolute Gasteiger partial charge is 0.274 e. The fourth-order valence-electron chi connectivity index (χ4n) is 2.78. The third-order valence-electron chi connectivity index (χ3n) is 4.15. The van der Waals surface area contributed by atoms with Crippen LogP contribution >= 0.6 is 0 Å². The highest BCUT2D eigenvalue weighted by molar-refractivity contribution is 5.88. The molecule has 0 aliphatic heterocycles. The molecule has 0 bridgehead atoms. The molecule has 22 heavy (non-hydrogen) atoms. The number of aryl methyl sites for hydroxylation is 1. The van der Waals surface area contributed by atoms with E-state index in [4.69, 9.17) is 5.73 Å². The second kappa shape index (κ2) is 5.88. The molecule has 0 saturated heterocycles. The second-order valence-electron chi connectivity index (χ2n) is 5.84. The van der Waals surface area contributed by atoms with Gasteiger partial charge in [0.05, 0.1) is 17.5 Å². The third kappa shape index (κ3) is 2.87. The largest absolute Gasteiger partial charge is 0.351 e. The predicted molar refractivity (Wildman–Crippen MR) is 84.4 cm³/mol. The Hall–Kier alpha value is -2.21. The van der Waals surface area contributed by atoms with Crippen LogP contribution in [0, 0.1) is 5.92 Å². The summed E-state index contributed by atoms with van der Waals surface area (Å²) in [7, 11) is 1.60. The number of carbonyl (C=O) groups excluding carboxylic acids is 1. The summed E-state index contributed by atoms with van der Waals surface area (Å²) in [5.41, 5.74) is 6.17. The quantitative estimate of drug-likeness (QED) is 0.832. The van der Waals surface area contributed by atoms with Crippen LogP contribution in [0.4, 0.5) is 0 Å². The van der Waals surface area contributed by atoms with E-state index in [1.54, 1.807) is 13.1 Å². The molecule has 0 radical (unpaired) electrons. The van der Waals surface area contributed by atoms with Gasteiger partial charge in [-0.1, -0.05) is 18.2 Å². The Kier molecular flexibility index (Phi) is 3.94. The van der Waals surface area contributed by atoms with Crippen LogP contribution in [0.5, 0.6) is 0 Å². The van der Waals surface area contributed by atoms with Crippen LogP contribution in [0.15, 0.2) is 29.1 Å². The van der Waals surface area contributed by atoms with Crippen molar-refractivity contribution in [3.05, 3.63) is 40.3 Å². The van der Waals surface area contributed by atoms with Gasteiger partial charge in [-0.25, -0.2) is 4.68 Å². The molecule has 116 valence electrons. The summed E-state index contributed by atoms with van der Waals surface area (Å²) in [4.78, 5) is 24.3. The lowest BCUT2D eigenvalue weighted by atomic mass is 10.1. The zero-order chi connectivity index (χ0) is 15.7. The van der Waals surface area contributed by atoms with Crippen LogP contribution in [0.2, 0.25) is 0 Å². The van der Waals surface area contributed by atoms with E-state index >= 15 is 0 Å². The van der Waals surface area contributed by atoms with E-state index in [0.29, 0.717) is 23.5 Å². The maximum absolute atomic E-state index is 12.3. The van der Waals surface area contributed by atoms with Crippen molar-refractivity contribution in [2.75, 3.05) is 6.54 Å². The number of hydrogen-bond donors (Lipinski definition) is 2. The lowest BCUT2D eigenvalue weighted by Gasteiger charge is -2.16. The summed E-state index contributed by atoms with van der Waals surface area (Å²) in [6.45, 7) is 0.456. The molecule has 1 aromatic carbocycles. The Balaban J connectivity index is 1.85. The van der Waals surface area contributed by atoms with Crippen molar-refractivity contribution >= 4 is 16.7 Å². The number of nitrogens with zero attached hydrogens (tertiary/aromatic N) is 2. The first-order chi connectivity index (χ1) is 10.6. The average Bonchev–Trinajstić information content (AvgIpc) is 3.35. The molecule has 1 saturated carbocycles. The zero-order valence-electron chi connectivity index (χ0n) is 12.6. The Morgan fingerprint density at radius 3 is 2.73 bits per heavy atom. The molecule has 1 heterocycles. The maximum atomic E-state index is 12.3. The SMILES string of the molecule is Cn1nc(CC(=O)NC(CN)C2CC2)c2ccccc2c1=O. The predicted octanol–water partition coefficient (Wildman–Crippen LogP) is 0.330. The summed E-state index contributed by atoms with van der Waals surface area (Å²) in [5.74, 6) is 0.414. The molecular weight excluding hydrogens is 280 g/mol. The Morgan fingerprint density at radius 1 is 1.41 bits per heavy atom. The van der Waals surface area contributed by atoms with Crippen molar-refractivity contribution in [3.8, 4) is 0 Å². The number of amides is 1. The molecule has 3 N–H and O–H groups in total. The molecule has 1 amide bonds. The summed E-state index contributed by atoms with van der Waals surface area (Å²) in [5, 5.41) is 8.55. The zero-order valence-corrected chi connectivity index (χ0v) is 12.6. The van der Waals surface area contributed by atoms with Gasteiger partial charge in [0.1, 0.15) is 0 Å². The van der Waals surface area contributed by atoms with Crippen LogP contribution in [0.3, 0.4) is 0 Å². The number of nitrogens with two attached hydrogens (primary N) is 1. The number of carbonyl (C=O) groups is 1. The van der Waals surface area contributed by atoms with E-state index in [-0.39, 0.29) is 23.9 Å². The van der Waals surface area contributed by atoms with Crippen molar-refractivity contribution in [1.29, 1.82) is 0 Å². The Labute approximate surface area is 128 Å². The van der Waals surface area contributed by atoms with E-state index in [0.717, 1.165) is 18.2 Å². The fourth-order valence-corrected chi connectivity index (χ4v) is 2.78. The molecule has 1 aromatic heterocycles. The Bertz CT molecular complexity index is 764. The first-order valence-corrected chi connectivity index (χ1v) is 7.54. The van der Waals surface area contributed by atoms with Crippen LogP contribution in [0.1, 0.15) is 18.5 Å². The third-order valence-corrected chi connectivity index (χ3v) is 4.15. The standard InChI is InChI=1S/C16H20N4O2/c1-20-16(22)12-5-3-2-4-11(12)13(19-20)8-15(21)18-14(9-17)10-6-7-10/h2-5,10,14H,6-9,17H2,1H3,(H,18,21). The monoisotopic (exact) mass is 300 g/mol. The molecule has 1 aliphatic carbocycles. The van der Waals surface area contributed by atoms with Gasteiger partial charge in [-0.3, -0.25) is 9.59 Å². The van der Waals surface area contributed by atoms with Crippen LogP contribution < -0.4 is 16.6 Å². The van der Waals surface area contributed by atoms with Crippen molar-refractivity contribution in [1.82, 2.24) is 15.1 Å². The normalized spacial score (nSPS) is 15.7. The van der Waals surface area contributed by atoms with Crippen LogP contribution in [-0.2, 0) is 18.3 Å². The topological polar surface area (TPSA) is 90.0 Å². The van der Waals surface area contributed by atoms with Crippen LogP contribution in [-0.4, -0.2) is 28.3 Å². The van der Waals surface area contributed by atoms with Gasteiger partial charge in [0, 0.05) is 25.0 Å². The highest BCUT2D eigenvalue weighted by Gasteiger charge is 2.31. The molecule has 3 rings (SSSR count). The number of fused-ring (bicyclic) bond motifs is 1. The van der Waals surface area contributed by atoms with E-state index in [1.165, 1.54) is 4.68 Å². The lowest BCUT2D eigenvalue weighted by molar-refractivity contribution is -0.121. The van der Waals surface area contributed by atoms with Gasteiger partial charge >= 0.3 is 0 Å². The molecule has 2 aromatic rings. The molecule has 1 fully saturated rings. The molecular formula is C16H20N4O2. The van der Waals surface area contributed by atoms with Gasteiger partial charge in [-0.15, -0.1) is 0 Å². The summed E-state index contributed by atoms with van der Waals surface area (Å²) in [6.07, 6.45) is 2.41. The minimum Gasteiger partial charge on any atom is -0.351 e. The highest BCUT2D eigenvalue weighted by Crippen LogP contribution is 2.32.